The standard InChI is InChI=1S/C30H40O4/c1-18-19-8-9-22-28(4,20(19)16-21(31)24(18)34-7)13-15-30(6)23-17-27(3,25(32)33)11-10-26(23,2)12-14-29(22,30)5/h8-9,16,23,31H,1,10-15,17H2,2-7H3,(H,32,33). The zero-order valence-corrected chi connectivity index (χ0v) is 21.7. The van der Waals surface area contributed by atoms with Crippen molar-refractivity contribution in [2.24, 2.45) is 27.6 Å². The second-order valence-corrected chi connectivity index (χ2v) is 13.0. The van der Waals surface area contributed by atoms with Crippen LogP contribution in [0.3, 0.4) is 0 Å². The van der Waals surface area contributed by atoms with Crippen molar-refractivity contribution in [3.05, 3.63) is 33.7 Å². The van der Waals surface area contributed by atoms with E-state index in [1.807, 2.05) is 13.0 Å². The number of phenols is 1. The molecule has 34 heavy (non-hydrogen) atoms. The number of hydrogen-bond donors (Lipinski definition) is 2. The maximum Gasteiger partial charge on any atom is 0.309 e. The molecule has 0 aromatic heterocycles. The van der Waals surface area contributed by atoms with Gasteiger partial charge < -0.3 is 14.9 Å². The lowest BCUT2D eigenvalue weighted by atomic mass is 9.35. The second kappa shape index (κ2) is 6.92. The highest BCUT2D eigenvalue weighted by molar-refractivity contribution is 5.74. The summed E-state index contributed by atoms with van der Waals surface area (Å²) >= 11 is 0. The molecule has 6 atom stereocenters. The summed E-state index contributed by atoms with van der Waals surface area (Å²) in [5.74, 6) is 0.331. The fraction of sp³-hybridized carbons (Fsp3) is 0.633. The van der Waals surface area contributed by atoms with Crippen molar-refractivity contribution in [1.82, 2.24) is 0 Å². The van der Waals surface area contributed by atoms with Crippen LogP contribution < -0.4 is 15.2 Å². The van der Waals surface area contributed by atoms with Crippen molar-refractivity contribution in [3.63, 3.8) is 0 Å². The van der Waals surface area contributed by atoms with E-state index in [2.05, 4.69) is 46.4 Å². The number of phenolic OH excluding ortho intramolecular Hbond substituents is 1. The van der Waals surface area contributed by atoms with Gasteiger partial charge in [0.05, 0.1) is 12.5 Å². The fourth-order valence-electron chi connectivity index (χ4n) is 8.78. The van der Waals surface area contributed by atoms with Crippen molar-refractivity contribution in [2.75, 3.05) is 7.11 Å². The summed E-state index contributed by atoms with van der Waals surface area (Å²) in [7, 11) is 1.57. The Bertz CT molecular complexity index is 1230. The monoisotopic (exact) mass is 464 g/mol. The maximum absolute atomic E-state index is 12.3. The first-order valence-corrected chi connectivity index (χ1v) is 12.8. The zero-order valence-electron chi connectivity index (χ0n) is 21.7. The smallest absolute Gasteiger partial charge is 0.309 e. The van der Waals surface area contributed by atoms with Gasteiger partial charge in [0.15, 0.2) is 11.5 Å². The van der Waals surface area contributed by atoms with Gasteiger partial charge in [0.1, 0.15) is 0 Å². The molecular formula is C30H40O4. The van der Waals surface area contributed by atoms with Gasteiger partial charge in [-0.2, -0.15) is 0 Å². The SMILES string of the molecule is C=c1c(OC)c(O)cc2c1=CC=C1C2(C)CCC2(C)C3CC(C)(C(=O)O)CCC3(C)CCC12C. The first-order valence-electron chi connectivity index (χ1n) is 12.8. The Morgan fingerprint density at radius 1 is 1.03 bits per heavy atom. The molecule has 184 valence electrons. The first-order chi connectivity index (χ1) is 15.8. The van der Waals surface area contributed by atoms with Crippen LogP contribution in [0.4, 0.5) is 0 Å². The quantitative estimate of drug-likeness (QED) is 0.624. The Hall–Kier alpha value is -2.23. The van der Waals surface area contributed by atoms with Crippen molar-refractivity contribution < 1.29 is 19.7 Å². The van der Waals surface area contributed by atoms with Crippen LogP contribution in [-0.4, -0.2) is 23.3 Å². The van der Waals surface area contributed by atoms with Gasteiger partial charge in [-0.3, -0.25) is 4.79 Å². The summed E-state index contributed by atoms with van der Waals surface area (Å²) in [5, 5.41) is 22.6. The number of fused-ring (bicyclic) bond motifs is 7. The Balaban J connectivity index is 1.67. The van der Waals surface area contributed by atoms with Crippen LogP contribution in [0.1, 0.15) is 85.1 Å². The molecule has 2 N–H and O–H groups in total. The predicted molar refractivity (Wildman–Crippen MR) is 135 cm³/mol. The number of benzene rings is 1. The topological polar surface area (TPSA) is 66.8 Å². The first kappa shape index (κ1) is 23.5. The third-order valence-corrected chi connectivity index (χ3v) is 11.4. The molecule has 0 bridgehead atoms. The number of hydrogen-bond acceptors (Lipinski definition) is 3. The third kappa shape index (κ3) is 2.69. The molecule has 1 aromatic rings. The van der Waals surface area contributed by atoms with Crippen molar-refractivity contribution in [1.29, 1.82) is 0 Å². The number of aliphatic carboxylic acids is 1. The number of aromatic hydroxyl groups is 1. The number of methoxy groups -OCH3 is 1. The van der Waals surface area contributed by atoms with Crippen LogP contribution in [0.2, 0.25) is 0 Å². The van der Waals surface area contributed by atoms with Gasteiger partial charge in [-0.25, -0.2) is 0 Å². The van der Waals surface area contributed by atoms with E-state index in [-0.39, 0.29) is 27.4 Å². The molecule has 0 aliphatic heterocycles. The Morgan fingerprint density at radius 2 is 1.71 bits per heavy atom. The summed E-state index contributed by atoms with van der Waals surface area (Å²) in [6, 6.07) is 1.90. The molecule has 1 aromatic carbocycles. The molecule has 0 amide bonds. The molecule has 0 radical (unpaired) electrons. The van der Waals surface area contributed by atoms with Gasteiger partial charge in [-0.05, 0) is 90.9 Å². The summed E-state index contributed by atoms with van der Waals surface area (Å²) in [6.07, 6.45) is 11.3. The average Bonchev–Trinajstić information content (AvgIpc) is 2.77. The molecule has 5 rings (SSSR count). The van der Waals surface area contributed by atoms with E-state index < -0.39 is 11.4 Å². The number of ether oxygens (including phenoxy) is 1. The lowest BCUT2D eigenvalue weighted by Gasteiger charge is -2.69. The highest BCUT2D eigenvalue weighted by atomic mass is 16.5. The maximum atomic E-state index is 12.3. The summed E-state index contributed by atoms with van der Waals surface area (Å²) < 4.78 is 5.44. The second-order valence-electron chi connectivity index (χ2n) is 13.0. The van der Waals surface area contributed by atoms with Gasteiger partial charge in [-0.15, -0.1) is 0 Å². The summed E-state index contributed by atoms with van der Waals surface area (Å²) in [5.41, 5.74) is 1.94. The van der Waals surface area contributed by atoms with E-state index >= 15 is 0 Å². The molecule has 4 nitrogen and oxygen atoms in total. The number of carboxylic acid groups (broad SMARTS) is 1. The molecule has 4 aliphatic carbocycles. The zero-order chi connectivity index (χ0) is 24.9. The lowest BCUT2D eigenvalue weighted by Crippen LogP contribution is -2.63. The summed E-state index contributed by atoms with van der Waals surface area (Å²) in [4.78, 5) is 12.3. The van der Waals surface area contributed by atoms with E-state index in [0.29, 0.717) is 11.7 Å². The van der Waals surface area contributed by atoms with E-state index in [4.69, 9.17) is 4.74 Å². The van der Waals surface area contributed by atoms with Gasteiger partial charge in [0, 0.05) is 10.6 Å². The van der Waals surface area contributed by atoms with Gasteiger partial charge in [-0.1, -0.05) is 52.0 Å². The Labute approximate surface area is 203 Å². The van der Waals surface area contributed by atoms with Crippen LogP contribution in [0.15, 0.2) is 17.7 Å². The third-order valence-electron chi connectivity index (χ3n) is 11.4. The minimum atomic E-state index is -0.642. The van der Waals surface area contributed by atoms with Gasteiger partial charge >= 0.3 is 5.97 Å². The average molecular weight is 465 g/mol. The number of carbonyl (C=O) groups is 1. The van der Waals surface area contributed by atoms with E-state index in [9.17, 15) is 15.0 Å². The molecule has 0 heterocycles. The number of rotatable bonds is 2. The Morgan fingerprint density at radius 3 is 2.35 bits per heavy atom. The molecule has 3 saturated carbocycles. The fourth-order valence-corrected chi connectivity index (χ4v) is 8.78. The van der Waals surface area contributed by atoms with E-state index in [0.717, 1.165) is 60.9 Å². The molecule has 0 spiro atoms. The van der Waals surface area contributed by atoms with Crippen LogP contribution >= 0.6 is 0 Å². The van der Waals surface area contributed by atoms with Crippen LogP contribution in [0, 0.1) is 27.6 Å². The minimum absolute atomic E-state index is 0.0234. The number of carboxylic acids is 1. The van der Waals surface area contributed by atoms with Crippen molar-refractivity contribution >= 4 is 18.6 Å². The van der Waals surface area contributed by atoms with Crippen LogP contribution in [0.5, 0.6) is 11.5 Å². The summed E-state index contributed by atoms with van der Waals surface area (Å²) in [6.45, 7) is 15.9. The van der Waals surface area contributed by atoms with Crippen LogP contribution in [-0.2, 0) is 10.2 Å². The molecular weight excluding hydrogens is 424 g/mol. The largest absolute Gasteiger partial charge is 0.504 e. The highest BCUT2D eigenvalue weighted by Crippen LogP contribution is 2.74. The highest BCUT2D eigenvalue weighted by Gasteiger charge is 2.66. The van der Waals surface area contributed by atoms with Crippen LogP contribution in [0.25, 0.3) is 12.7 Å². The predicted octanol–water partition coefficient (Wildman–Crippen LogP) is 5.29. The number of allylic oxidation sites excluding steroid dienone is 2. The normalized spacial score (nSPS) is 42.8. The lowest BCUT2D eigenvalue weighted by molar-refractivity contribution is -0.177. The van der Waals surface area contributed by atoms with E-state index in [1.54, 1.807) is 7.11 Å². The Kier molecular flexibility index (Phi) is 4.79. The molecule has 4 aliphatic rings. The minimum Gasteiger partial charge on any atom is -0.504 e. The van der Waals surface area contributed by atoms with Crippen molar-refractivity contribution in [2.45, 2.75) is 85.0 Å². The molecule has 6 unspecified atom stereocenters. The molecule has 0 saturated heterocycles. The molecule has 3 fully saturated rings. The molecule has 4 heteroatoms. The van der Waals surface area contributed by atoms with Gasteiger partial charge in [0.2, 0.25) is 0 Å². The van der Waals surface area contributed by atoms with Crippen molar-refractivity contribution in [3.8, 4) is 11.5 Å². The van der Waals surface area contributed by atoms with Gasteiger partial charge in [0.25, 0.3) is 0 Å². The van der Waals surface area contributed by atoms with E-state index in [1.165, 1.54) is 5.57 Å².